The molecule has 0 spiro atoms. The van der Waals surface area contributed by atoms with Crippen molar-refractivity contribution in [1.82, 2.24) is 0 Å². The van der Waals surface area contributed by atoms with Crippen LogP contribution in [0.4, 0.5) is 0 Å². The van der Waals surface area contributed by atoms with Crippen LogP contribution in [0.5, 0.6) is 0 Å². The molecule has 3 nitrogen and oxygen atoms in total. The van der Waals surface area contributed by atoms with E-state index in [4.69, 9.17) is 2.74 Å². The Labute approximate surface area is 39.9 Å². The van der Waals surface area contributed by atoms with Crippen LogP contribution in [0.1, 0.15) is 2.74 Å². The van der Waals surface area contributed by atoms with E-state index in [9.17, 15) is 8.42 Å². The van der Waals surface area contributed by atoms with Gasteiger partial charge in [0.2, 0.25) is 0 Å². The molecule has 0 amide bonds. The van der Waals surface area contributed by atoms with Crippen molar-refractivity contribution < 1.29 is 15.3 Å². The summed E-state index contributed by atoms with van der Waals surface area (Å²) in [7, 11) is -5.34. The molecule has 0 aliphatic heterocycles. The van der Waals surface area contributed by atoms with Gasteiger partial charge in [0, 0.05) is 0 Å². The predicted molar refractivity (Wildman–Crippen MR) is 21.9 cm³/mol. The van der Waals surface area contributed by atoms with E-state index in [-0.39, 0.29) is 0 Å². The van der Waals surface area contributed by atoms with E-state index < -0.39 is 17.2 Å². The maximum absolute atomic E-state index is 9.98. The van der Waals surface area contributed by atoms with Gasteiger partial charge in [-0.25, -0.2) is 0 Å². The van der Waals surface area contributed by atoms with Crippen LogP contribution in [0.2, 0.25) is 0 Å². The van der Waals surface area contributed by atoms with Gasteiger partial charge < -0.3 is 0 Å². The third-order valence-electron chi connectivity index (χ3n) is 0.175. The summed E-state index contributed by atoms with van der Waals surface area (Å²) in [6, 6.07) is 0. The van der Waals surface area contributed by atoms with Gasteiger partial charge in [-0.2, -0.15) is 8.42 Å². The first-order chi connectivity index (χ1) is 3.42. The zero-order chi connectivity index (χ0) is 6.78. The minimum Gasteiger partial charge on any atom is -0.274 e. The van der Waals surface area contributed by atoms with Crippen LogP contribution < -0.4 is 0 Å². The summed E-state index contributed by atoms with van der Waals surface area (Å²) >= 11 is 0. The SMILES string of the molecule is [2H]C([2H])OS(C)(=O)=O. The zero-order valence-electron chi connectivity index (χ0n) is 5.21. The Hall–Kier alpha value is -0.0900. The van der Waals surface area contributed by atoms with Crippen LogP contribution in [0.15, 0.2) is 0 Å². The Balaban J connectivity index is 3.75. The summed E-state index contributed by atoms with van der Waals surface area (Å²) in [6.07, 6.45) is 0.795. The molecule has 0 fully saturated rings. The molecule has 0 saturated carbocycles. The Morgan fingerprint density at radius 2 is 2.33 bits per heavy atom. The predicted octanol–water partition coefficient (Wildman–Crippen LogP) is -0.408. The third-order valence-corrected chi connectivity index (χ3v) is 0.524. The largest absolute Gasteiger partial charge is 0.274 e. The van der Waals surface area contributed by atoms with Gasteiger partial charge >= 0.3 is 0 Å². The molecule has 0 N–H and O–H groups in total. The second-order valence-corrected chi connectivity index (χ2v) is 2.40. The molecule has 0 heterocycles. The lowest BCUT2D eigenvalue weighted by atomic mass is 11.8. The Bertz CT molecular complexity index is 149. The van der Waals surface area contributed by atoms with Crippen LogP contribution >= 0.6 is 0 Å². The fourth-order valence-electron chi connectivity index (χ4n) is 0. The highest BCUT2D eigenvalue weighted by molar-refractivity contribution is 7.85. The van der Waals surface area contributed by atoms with Crippen molar-refractivity contribution >= 4 is 10.1 Å². The molecule has 0 saturated heterocycles. The van der Waals surface area contributed by atoms with Crippen LogP contribution in [-0.2, 0) is 14.3 Å². The average Bonchev–Trinajstić information content (AvgIpc) is 1.21. The summed E-state index contributed by atoms with van der Waals surface area (Å²) in [6.45, 7) is 0. The fraction of sp³-hybridized carbons (Fsp3) is 1.00. The molecule has 38 valence electrons. The molecule has 0 rings (SSSR count). The van der Waals surface area contributed by atoms with Gasteiger partial charge in [0.1, 0.15) is 0 Å². The van der Waals surface area contributed by atoms with Crippen molar-refractivity contribution in [2.45, 2.75) is 0 Å². The number of rotatable bonds is 1. The summed E-state index contributed by atoms with van der Waals surface area (Å²) < 4.78 is 36.3. The van der Waals surface area contributed by atoms with Gasteiger partial charge in [-0.3, -0.25) is 4.18 Å². The molecule has 0 bridgehead atoms. The van der Waals surface area contributed by atoms with E-state index in [1.807, 2.05) is 0 Å². The van der Waals surface area contributed by atoms with E-state index >= 15 is 0 Å². The Morgan fingerprint density at radius 1 is 1.83 bits per heavy atom. The normalized spacial score (nSPS) is 17.0. The lowest BCUT2D eigenvalue weighted by Crippen LogP contribution is -1.95. The molecule has 0 aliphatic carbocycles. The van der Waals surface area contributed by atoms with Gasteiger partial charge in [0.15, 0.2) is 0 Å². The van der Waals surface area contributed by atoms with Crippen molar-refractivity contribution in [2.75, 3.05) is 13.3 Å². The summed E-state index contributed by atoms with van der Waals surface area (Å²) in [5.74, 6) is 0. The van der Waals surface area contributed by atoms with Crippen molar-refractivity contribution in [1.29, 1.82) is 0 Å². The second kappa shape index (κ2) is 1.57. The monoisotopic (exact) mass is 112 g/mol. The van der Waals surface area contributed by atoms with Gasteiger partial charge in [-0.1, -0.05) is 0 Å². The molecule has 0 aromatic heterocycles. The molecule has 0 aromatic rings. The Morgan fingerprint density at radius 3 is 2.33 bits per heavy atom. The maximum atomic E-state index is 9.98. The molecule has 6 heavy (non-hydrogen) atoms. The highest BCUT2D eigenvalue weighted by Gasteiger charge is 1.90. The average molecular weight is 112 g/mol. The second-order valence-electron chi connectivity index (χ2n) is 0.800. The van der Waals surface area contributed by atoms with E-state index in [0.717, 1.165) is 6.26 Å². The smallest absolute Gasteiger partial charge is 0.264 e. The lowest BCUT2D eigenvalue weighted by molar-refractivity contribution is 0.403. The summed E-state index contributed by atoms with van der Waals surface area (Å²) in [4.78, 5) is 0. The highest BCUT2D eigenvalue weighted by Crippen LogP contribution is 1.75. The van der Waals surface area contributed by atoms with Gasteiger partial charge in [-0.15, -0.1) is 0 Å². The maximum Gasteiger partial charge on any atom is 0.264 e. The number of hydrogen-bond acceptors (Lipinski definition) is 3. The fourth-order valence-corrected chi connectivity index (χ4v) is 0. The van der Waals surface area contributed by atoms with Crippen LogP contribution in [-0.4, -0.2) is 21.7 Å². The first-order valence-electron chi connectivity index (χ1n) is 2.30. The minimum absolute atomic E-state index is 0.795. The number of hydrogen-bond donors (Lipinski definition) is 0. The van der Waals surface area contributed by atoms with E-state index in [1.54, 1.807) is 0 Å². The first kappa shape index (κ1) is 2.98. The van der Waals surface area contributed by atoms with Crippen molar-refractivity contribution in [3.8, 4) is 0 Å². The van der Waals surface area contributed by atoms with Crippen LogP contribution in [0, 0.1) is 0 Å². The Kier molecular flexibility index (Phi) is 0.782. The molecule has 0 atom stereocenters. The summed E-state index contributed by atoms with van der Waals surface area (Å²) in [5, 5.41) is 0. The quantitative estimate of drug-likeness (QED) is 0.433. The van der Waals surface area contributed by atoms with Gasteiger partial charge in [0.05, 0.1) is 16.1 Å². The molecule has 0 unspecified atom stereocenters. The van der Waals surface area contributed by atoms with E-state index in [2.05, 4.69) is 4.18 Å². The van der Waals surface area contributed by atoms with Gasteiger partial charge in [0.25, 0.3) is 10.1 Å². The van der Waals surface area contributed by atoms with Crippen molar-refractivity contribution in [3.05, 3.63) is 0 Å². The first-order valence-corrected chi connectivity index (χ1v) is 2.96. The third kappa shape index (κ3) is 3.91. The molecule has 0 aliphatic rings. The van der Waals surface area contributed by atoms with Crippen LogP contribution in [0.3, 0.4) is 0 Å². The summed E-state index contributed by atoms with van der Waals surface area (Å²) in [5.41, 5.74) is 0. The zero-order valence-corrected chi connectivity index (χ0v) is 4.03. The molecule has 0 aromatic carbocycles. The lowest BCUT2D eigenvalue weighted by Gasteiger charge is -1.84. The molecular formula is C2H6O3S. The molecular weight excluding hydrogens is 104 g/mol. The van der Waals surface area contributed by atoms with Crippen molar-refractivity contribution in [2.24, 2.45) is 0 Å². The van der Waals surface area contributed by atoms with Crippen molar-refractivity contribution in [3.63, 3.8) is 0 Å². The standard InChI is InChI=1S/C2H6O3S/c1-5-6(2,3)4/h1-2H3/i1D2. The molecule has 4 heteroatoms. The van der Waals surface area contributed by atoms with E-state index in [1.165, 1.54) is 0 Å². The topological polar surface area (TPSA) is 43.4 Å². The van der Waals surface area contributed by atoms with Crippen LogP contribution in [0.25, 0.3) is 0 Å². The highest BCUT2D eigenvalue weighted by atomic mass is 32.2. The van der Waals surface area contributed by atoms with Gasteiger partial charge in [-0.05, 0) is 0 Å². The molecule has 0 radical (unpaired) electrons. The minimum atomic E-state index is -3.60. The van der Waals surface area contributed by atoms with E-state index in [0.29, 0.717) is 0 Å².